The predicted octanol–water partition coefficient (Wildman–Crippen LogP) is 5.45. The Bertz CT molecular complexity index is 1440. The zero-order chi connectivity index (χ0) is 21.7. The van der Waals surface area contributed by atoms with E-state index in [2.05, 4.69) is 4.18 Å². The number of hydrogen-bond acceptors (Lipinski definition) is 5. The van der Waals surface area contributed by atoms with Crippen molar-refractivity contribution in [2.75, 3.05) is 0 Å². The van der Waals surface area contributed by atoms with Crippen molar-refractivity contribution in [3.8, 4) is 16.9 Å². The fourth-order valence-electron chi connectivity index (χ4n) is 2.93. The van der Waals surface area contributed by atoms with Gasteiger partial charge in [-0.05, 0) is 47.5 Å². The van der Waals surface area contributed by atoms with Crippen LogP contribution in [0.25, 0.3) is 31.3 Å². The van der Waals surface area contributed by atoms with Crippen molar-refractivity contribution in [2.24, 2.45) is 0 Å². The third kappa shape index (κ3) is 3.52. The maximum Gasteiger partial charge on any atom is 0.534 e. The van der Waals surface area contributed by atoms with Crippen molar-refractivity contribution in [3.63, 3.8) is 0 Å². The Balaban J connectivity index is 2.06. The minimum Gasteiger partial charge on any atom is -0.375 e. The van der Waals surface area contributed by atoms with Gasteiger partial charge in [0.05, 0.1) is 5.39 Å². The molecule has 0 N–H and O–H groups in total. The van der Waals surface area contributed by atoms with Crippen molar-refractivity contribution < 1.29 is 30.2 Å². The van der Waals surface area contributed by atoms with E-state index < -0.39 is 32.6 Å². The first-order chi connectivity index (χ1) is 14.1. The Morgan fingerprint density at radius 2 is 1.53 bits per heavy atom. The van der Waals surface area contributed by atoms with Crippen LogP contribution < -0.4 is 9.61 Å². The normalized spacial score (nSPS) is 12.4. The molecule has 154 valence electrons. The van der Waals surface area contributed by atoms with Gasteiger partial charge >= 0.3 is 15.6 Å². The highest BCUT2D eigenvalue weighted by Gasteiger charge is 2.48. The van der Waals surface area contributed by atoms with E-state index in [1.165, 1.54) is 24.3 Å². The van der Waals surface area contributed by atoms with E-state index in [1.54, 1.807) is 18.2 Å². The molecule has 10 heteroatoms. The highest BCUT2D eigenvalue weighted by Crippen LogP contribution is 2.37. The summed E-state index contributed by atoms with van der Waals surface area (Å²) in [6, 6.07) is 14.0. The van der Waals surface area contributed by atoms with Crippen LogP contribution >= 0.6 is 11.3 Å². The Morgan fingerprint density at radius 1 is 0.867 bits per heavy atom. The van der Waals surface area contributed by atoms with Crippen molar-refractivity contribution in [2.45, 2.75) is 5.51 Å². The molecular weight excluding hydrogens is 444 g/mol. The summed E-state index contributed by atoms with van der Waals surface area (Å²) >= 11 is 1.09. The molecule has 0 unspecified atom stereocenters. The molecule has 0 aliphatic rings. The van der Waals surface area contributed by atoms with Crippen LogP contribution in [-0.2, 0) is 10.1 Å². The first kappa shape index (κ1) is 20.3. The van der Waals surface area contributed by atoms with Gasteiger partial charge in [-0.2, -0.15) is 21.6 Å². The highest BCUT2D eigenvalue weighted by molar-refractivity contribution is 7.88. The van der Waals surface area contributed by atoms with Gasteiger partial charge in [0, 0.05) is 14.8 Å². The summed E-state index contributed by atoms with van der Waals surface area (Å²) in [6.45, 7) is 0. The topological polar surface area (TPSA) is 60.4 Å². The molecule has 4 rings (SSSR count). The molecule has 4 aromatic rings. The summed E-state index contributed by atoms with van der Waals surface area (Å²) in [5.41, 5.74) is -5.66. The molecule has 30 heavy (non-hydrogen) atoms. The molecule has 0 radical (unpaired) electrons. The van der Waals surface area contributed by atoms with Crippen LogP contribution in [0.5, 0.6) is 5.75 Å². The monoisotopic (exact) mass is 454 g/mol. The average molecular weight is 454 g/mol. The molecule has 1 aromatic heterocycles. The molecular formula is C20H10F4O4S2. The van der Waals surface area contributed by atoms with Crippen LogP contribution in [-0.4, -0.2) is 13.9 Å². The van der Waals surface area contributed by atoms with Gasteiger partial charge < -0.3 is 4.18 Å². The molecule has 1 heterocycles. The third-order valence-corrected chi connectivity index (χ3v) is 6.39. The maximum atomic E-state index is 13.2. The van der Waals surface area contributed by atoms with E-state index in [0.717, 1.165) is 29.5 Å². The predicted molar refractivity (Wildman–Crippen MR) is 107 cm³/mol. The summed E-state index contributed by atoms with van der Waals surface area (Å²) in [5.74, 6) is -1.26. The first-order valence-electron chi connectivity index (χ1n) is 8.33. The Labute approximate surface area is 171 Å². The molecule has 0 amide bonds. The molecule has 0 spiro atoms. The summed E-state index contributed by atoms with van der Waals surface area (Å²) in [6.07, 6.45) is 0. The molecule has 0 atom stereocenters. The van der Waals surface area contributed by atoms with Gasteiger partial charge in [0.25, 0.3) is 0 Å². The maximum absolute atomic E-state index is 13.2. The molecule has 4 nitrogen and oxygen atoms in total. The van der Waals surface area contributed by atoms with Crippen LogP contribution in [0.2, 0.25) is 0 Å². The van der Waals surface area contributed by atoms with Gasteiger partial charge in [0.1, 0.15) is 5.82 Å². The lowest BCUT2D eigenvalue weighted by molar-refractivity contribution is -0.0499. The highest BCUT2D eigenvalue weighted by atomic mass is 32.2. The average Bonchev–Trinajstić information content (AvgIpc) is 2.67. The summed E-state index contributed by atoms with van der Waals surface area (Å²) in [4.78, 5) is 12.9. The van der Waals surface area contributed by atoms with E-state index >= 15 is 0 Å². The summed E-state index contributed by atoms with van der Waals surface area (Å²) < 4.78 is 80.4. The molecule has 0 aliphatic carbocycles. The smallest absolute Gasteiger partial charge is 0.375 e. The Hall–Kier alpha value is -2.98. The molecule has 0 saturated heterocycles. The zero-order valence-corrected chi connectivity index (χ0v) is 16.4. The van der Waals surface area contributed by atoms with Crippen LogP contribution in [0, 0.1) is 5.82 Å². The fraction of sp³-hybridized carbons (Fsp3) is 0.0500. The number of halogens is 4. The summed E-state index contributed by atoms with van der Waals surface area (Å²) in [5, 5.41) is -0.0591. The number of hydrogen-bond donors (Lipinski definition) is 0. The van der Waals surface area contributed by atoms with Gasteiger partial charge in [0.2, 0.25) is 0 Å². The number of benzene rings is 3. The van der Waals surface area contributed by atoms with E-state index in [-0.39, 0.29) is 21.0 Å². The van der Waals surface area contributed by atoms with Crippen LogP contribution in [0.15, 0.2) is 65.5 Å². The minimum atomic E-state index is -6.01. The number of alkyl halides is 3. The molecule has 3 aromatic carbocycles. The second kappa shape index (κ2) is 7.06. The van der Waals surface area contributed by atoms with Crippen LogP contribution in [0.3, 0.4) is 0 Å². The number of rotatable bonds is 3. The largest absolute Gasteiger partial charge is 0.534 e. The first-order valence-corrected chi connectivity index (χ1v) is 10.6. The van der Waals surface area contributed by atoms with Gasteiger partial charge in [-0.1, -0.05) is 24.3 Å². The SMILES string of the molecule is O=c1c2ccccc2sc2cc(-c3ccc(F)cc3)cc(OS(=O)(=O)C(F)(F)F)c12. The van der Waals surface area contributed by atoms with Gasteiger partial charge in [-0.25, -0.2) is 4.39 Å². The van der Waals surface area contributed by atoms with Gasteiger partial charge in [-0.15, -0.1) is 11.3 Å². The standard InChI is InChI=1S/C20H10F4O4S2/c21-13-7-5-11(6-8-13)12-9-15(28-30(26,27)20(22,23)24)18-17(10-12)29-16-4-2-1-3-14(16)19(18)25/h1-10H. The molecule has 0 saturated carbocycles. The van der Waals surface area contributed by atoms with Gasteiger partial charge in [0.15, 0.2) is 11.2 Å². The quantitative estimate of drug-likeness (QED) is 0.179. The van der Waals surface area contributed by atoms with Crippen molar-refractivity contribution in [3.05, 3.63) is 76.7 Å². The van der Waals surface area contributed by atoms with E-state index in [9.17, 15) is 30.8 Å². The third-order valence-electron chi connectivity index (χ3n) is 4.31. The zero-order valence-electron chi connectivity index (χ0n) is 14.7. The minimum absolute atomic E-state index is 0.221. The second-order valence-corrected chi connectivity index (χ2v) is 8.89. The second-order valence-electron chi connectivity index (χ2n) is 6.26. The molecule has 0 aliphatic heterocycles. The van der Waals surface area contributed by atoms with Gasteiger partial charge in [-0.3, -0.25) is 4.79 Å². The Morgan fingerprint density at radius 3 is 2.20 bits per heavy atom. The molecule has 0 fully saturated rings. The van der Waals surface area contributed by atoms with Crippen LogP contribution in [0.4, 0.5) is 17.6 Å². The lowest BCUT2D eigenvalue weighted by atomic mass is 10.0. The van der Waals surface area contributed by atoms with E-state index in [4.69, 9.17) is 0 Å². The van der Waals surface area contributed by atoms with Crippen LogP contribution in [0.1, 0.15) is 0 Å². The van der Waals surface area contributed by atoms with Crippen molar-refractivity contribution in [1.29, 1.82) is 0 Å². The Kier molecular flexibility index (Phi) is 4.78. The van der Waals surface area contributed by atoms with E-state index in [1.807, 2.05) is 0 Å². The number of fused-ring (bicyclic) bond motifs is 2. The summed E-state index contributed by atoms with van der Waals surface area (Å²) in [7, 11) is -6.01. The molecule has 0 bridgehead atoms. The fourth-order valence-corrected chi connectivity index (χ4v) is 4.53. The van der Waals surface area contributed by atoms with Crippen molar-refractivity contribution >= 4 is 41.6 Å². The van der Waals surface area contributed by atoms with E-state index in [0.29, 0.717) is 10.3 Å². The lowest BCUT2D eigenvalue weighted by Crippen LogP contribution is -2.28. The van der Waals surface area contributed by atoms with Crippen molar-refractivity contribution in [1.82, 2.24) is 0 Å². The lowest BCUT2D eigenvalue weighted by Gasteiger charge is -2.13.